The van der Waals surface area contributed by atoms with Gasteiger partial charge in [-0.3, -0.25) is 9.69 Å². The van der Waals surface area contributed by atoms with Gasteiger partial charge in [-0.25, -0.2) is 9.07 Å². The van der Waals surface area contributed by atoms with E-state index in [-0.39, 0.29) is 11.7 Å². The van der Waals surface area contributed by atoms with Gasteiger partial charge in [0.05, 0.1) is 6.20 Å². The summed E-state index contributed by atoms with van der Waals surface area (Å²) in [5, 5.41) is 7.33. The molecule has 1 amide bonds. The van der Waals surface area contributed by atoms with Crippen molar-refractivity contribution in [2.24, 2.45) is 0 Å². The minimum atomic E-state index is -0.416. The maximum Gasteiger partial charge on any atom is 0.247 e. The Morgan fingerprint density at radius 2 is 1.92 bits per heavy atom. The van der Waals surface area contributed by atoms with Gasteiger partial charge in [0.25, 0.3) is 0 Å². The molecule has 1 unspecified atom stereocenters. The van der Waals surface area contributed by atoms with Gasteiger partial charge in [0.2, 0.25) is 5.91 Å². The zero-order valence-corrected chi connectivity index (χ0v) is 14.8. The Morgan fingerprint density at radius 1 is 1.24 bits per heavy atom. The standard InChI is InChI=1S/C19H25FN4O/c1-3-24-18(14(2)13-21-24)22-19(25)17(23-11-5-4-6-12-23)15-7-9-16(20)10-8-15/h7-10,13,17H,3-6,11-12H2,1-2H3,(H,22,25). The first-order valence-corrected chi connectivity index (χ1v) is 8.93. The van der Waals surface area contributed by atoms with Crippen molar-refractivity contribution in [1.82, 2.24) is 14.7 Å². The summed E-state index contributed by atoms with van der Waals surface area (Å²) in [6.07, 6.45) is 5.11. The number of hydrogen-bond acceptors (Lipinski definition) is 3. The van der Waals surface area contributed by atoms with Crippen molar-refractivity contribution in [1.29, 1.82) is 0 Å². The van der Waals surface area contributed by atoms with Gasteiger partial charge in [0, 0.05) is 12.1 Å². The molecule has 0 radical (unpaired) electrons. The highest BCUT2D eigenvalue weighted by molar-refractivity contribution is 5.95. The molecule has 25 heavy (non-hydrogen) atoms. The molecule has 1 aromatic carbocycles. The van der Waals surface area contributed by atoms with Crippen LogP contribution in [0.2, 0.25) is 0 Å². The molecule has 0 aliphatic carbocycles. The molecule has 1 aliphatic rings. The van der Waals surface area contributed by atoms with Crippen molar-refractivity contribution >= 4 is 11.7 Å². The average molecular weight is 344 g/mol. The van der Waals surface area contributed by atoms with Crippen LogP contribution in [0.25, 0.3) is 0 Å². The number of aryl methyl sites for hydroxylation is 2. The summed E-state index contributed by atoms with van der Waals surface area (Å²) in [4.78, 5) is 15.3. The second kappa shape index (κ2) is 7.78. The molecule has 0 saturated carbocycles. The number of aromatic nitrogens is 2. The normalized spacial score (nSPS) is 16.6. The molecule has 1 atom stereocenters. The minimum absolute atomic E-state index is 0.0909. The number of nitrogens with zero attached hydrogens (tertiary/aromatic N) is 3. The zero-order chi connectivity index (χ0) is 17.8. The van der Waals surface area contributed by atoms with E-state index in [4.69, 9.17) is 0 Å². The third kappa shape index (κ3) is 3.90. The topological polar surface area (TPSA) is 50.2 Å². The van der Waals surface area contributed by atoms with E-state index in [0.29, 0.717) is 6.54 Å². The predicted molar refractivity (Wildman–Crippen MR) is 95.8 cm³/mol. The zero-order valence-electron chi connectivity index (χ0n) is 14.8. The van der Waals surface area contributed by atoms with Crippen LogP contribution in [0.15, 0.2) is 30.5 Å². The number of anilines is 1. The molecule has 1 saturated heterocycles. The van der Waals surface area contributed by atoms with Crippen LogP contribution in [0.5, 0.6) is 0 Å². The van der Waals surface area contributed by atoms with Crippen LogP contribution >= 0.6 is 0 Å². The second-order valence-electron chi connectivity index (χ2n) is 6.53. The fraction of sp³-hybridized carbons (Fsp3) is 0.474. The first-order valence-electron chi connectivity index (χ1n) is 8.93. The number of hydrogen-bond donors (Lipinski definition) is 1. The number of halogens is 1. The van der Waals surface area contributed by atoms with E-state index in [1.807, 2.05) is 13.8 Å². The molecule has 2 heterocycles. The van der Waals surface area contributed by atoms with E-state index in [2.05, 4.69) is 15.3 Å². The second-order valence-corrected chi connectivity index (χ2v) is 6.53. The Labute approximate surface area is 147 Å². The van der Waals surface area contributed by atoms with Crippen molar-refractivity contribution in [3.8, 4) is 0 Å². The highest BCUT2D eigenvalue weighted by Crippen LogP contribution is 2.27. The van der Waals surface area contributed by atoms with Gasteiger partial charge in [-0.1, -0.05) is 18.6 Å². The lowest BCUT2D eigenvalue weighted by atomic mass is 10.0. The molecule has 6 heteroatoms. The summed E-state index contributed by atoms with van der Waals surface area (Å²) in [5.74, 6) is 0.352. The van der Waals surface area contributed by atoms with Gasteiger partial charge in [-0.2, -0.15) is 5.10 Å². The molecular formula is C19H25FN4O. The van der Waals surface area contributed by atoms with Gasteiger partial charge >= 0.3 is 0 Å². The summed E-state index contributed by atoms with van der Waals surface area (Å²) in [6.45, 7) is 6.37. The molecule has 134 valence electrons. The van der Waals surface area contributed by atoms with Crippen molar-refractivity contribution in [3.63, 3.8) is 0 Å². The molecule has 1 fully saturated rings. The first kappa shape index (κ1) is 17.6. The van der Waals surface area contributed by atoms with Gasteiger partial charge in [0.1, 0.15) is 17.7 Å². The van der Waals surface area contributed by atoms with E-state index >= 15 is 0 Å². The molecule has 0 spiro atoms. The SMILES string of the molecule is CCn1ncc(C)c1NC(=O)C(c1ccc(F)cc1)N1CCCCC1. The number of likely N-dealkylation sites (tertiary alicyclic amines) is 1. The number of carbonyl (C=O) groups is 1. The molecule has 2 aromatic rings. The molecule has 1 aromatic heterocycles. The van der Waals surface area contributed by atoms with Crippen LogP contribution in [-0.2, 0) is 11.3 Å². The molecule has 1 N–H and O–H groups in total. The smallest absolute Gasteiger partial charge is 0.247 e. The Balaban J connectivity index is 1.88. The third-order valence-corrected chi connectivity index (χ3v) is 4.75. The van der Waals surface area contributed by atoms with E-state index in [1.54, 1.807) is 23.0 Å². The minimum Gasteiger partial charge on any atom is -0.309 e. The highest BCUT2D eigenvalue weighted by Gasteiger charge is 2.29. The number of rotatable bonds is 5. The van der Waals surface area contributed by atoms with Crippen LogP contribution in [-0.4, -0.2) is 33.7 Å². The maximum atomic E-state index is 13.3. The monoisotopic (exact) mass is 344 g/mol. The lowest BCUT2D eigenvalue weighted by molar-refractivity contribution is -0.122. The summed E-state index contributed by atoms with van der Waals surface area (Å²) >= 11 is 0. The lowest BCUT2D eigenvalue weighted by Gasteiger charge is -2.34. The number of amides is 1. The number of piperidine rings is 1. The van der Waals surface area contributed by atoms with Crippen molar-refractivity contribution < 1.29 is 9.18 Å². The average Bonchev–Trinajstić information content (AvgIpc) is 2.98. The first-order chi connectivity index (χ1) is 12.1. The van der Waals surface area contributed by atoms with E-state index in [9.17, 15) is 9.18 Å². The molecule has 0 bridgehead atoms. The van der Waals surface area contributed by atoms with Crippen LogP contribution in [0.3, 0.4) is 0 Å². The van der Waals surface area contributed by atoms with E-state index in [1.165, 1.54) is 18.6 Å². The summed E-state index contributed by atoms with van der Waals surface area (Å²) in [7, 11) is 0. The predicted octanol–water partition coefficient (Wildman–Crippen LogP) is 3.52. The van der Waals surface area contributed by atoms with Crippen molar-refractivity contribution in [2.75, 3.05) is 18.4 Å². The van der Waals surface area contributed by atoms with E-state index in [0.717, 1.165) is 42.9 Å². The Kier molecular flexibility index (Phi) is 5.48. The largest absolute Gasteiger partial charge is 0.309 e. The van der Waals surface area contributed by atoms with Gasteiger partial charge in [-0.05, 0) is 57.5 Å². The van der Waals surface area contributed by atoms with Crippen LogP contribution in [0.1, 0.15) is 43.4 Å². The van der Waals surface area contributed by atoms with Crippen molar-refractivity contribution in [2.45, 2.75) is 45.7 Å². The van der Waals surface area contributed by atoms with Crippen LogP contribution in [0, 0.1) is 12.7 Å². The fourth-order valence-corrected chi connectivity index (χ4v) is 3.42. The lowest BCUT2D eigenvalue weighted by Crippen LogP contribution is -2.40. The van der Waals surface area contributed by atoms with Gasteiger partial charge in [0.15, 0.2) is 0 Å². The van der Waals surface area contributed by atoms with Crippen LogP contribution < -0.4 is 5.32 Å². The van der Waals surface area contributed by atoms with Crippen molar-refractivity contribution in [3.05, 3.63) is 47.4 Å². The highest BCUT2D eigenvalue weighted by atomic mass is 19.1. The summed E-state index contributed by atoms with van der Waals surface area (Å²) < 4.78 is 15.1. The van der Waals surface area contributed by atoms with Gasteiger partial charge in [-0.15, -0.1) is 0 Å². The molecular weight excluding hydrogens is 319 g/mol. The fourth-order valence-electron chi connectivity index (χ4n) is 3.42. The Morgan fingerprint density at radius 3 is 2.56 bits per heavy atom. The van der Waals surface area contributed by atoms with Crippen LogP contribution in [0.4, 0.5) is 10.2 Å². The molecule has 1 aliphatic heterocycles. The molecule has 5 nitrogen and oxygen atoms in total. The van der Waals surface area contributed by atoms with Gasteiger partial charge < -0.3 is 5.32 Å². The van der Waals surface area contributed by atoms with E-state index < -0.39 is 6.04 Å². The Bertz CT molecular complexity index is 720. The summed E-state index contributed by atoms with van der Waals surface area (Å²) in [5.41, 5.74) is 1.76. The molecule has 3 rings (SSSR count). The number of carbonyl (C=O) groups excluding carboxylic acids is 1. The number of benzene rings is 1. The third-order valence-electron chi connectivity index (χ3n) is 4.75. The maximum absolute atomic E-state index is 13.3. The quantitative estimate of drug-likeness (QED) is 0.903. The Hall–Kier alpha value is -2.21. The number of nitrogens with one attached hydrogen (secondary N) is 1. The summed E-state index contributed by atoms with van der Waals surface area (Å²) in [6, 6.07) is 5.83.